The molecule has 0 saturated carbocycles. The van der Waals surface area contributed by atoms with Crippen LogP contribution >= 0.6 is 28.1 Å². The molecule has 9 heteroatoms. The lowest BCUT2D eigenvalue weighted by Gasteiger charge is -2.36. The second-order valence-electron chi connectivity index (χ2n) is 8.85. The molecule has 3 aromatic carbocycles. The summed E-state index contributed by atoms with van der Waals surface area (Å²) >= 11 is 8.78. The van der Waals surface area contributed by atoms with Gasteiger partial charge in [-0.3, -0.25) is 14.9 Å². The fourth-order valence-electron chi connectivity index (χ4n) is 4.41. The Morgan fingerprint density at radius 3 is 2.24 bits per heavy atom. The van der Waals surface area contributed by atoms with Crippen LogP contribution in [0.25, 0.3) is 0 Å². The SMILES string of the molecule is COc1c(C)cc(Br)cc1C(=O)NC(=S)Nc1ccc(N2CCN(C(=O)c3ccccc3C)CC2)cc1. The Kier molecular flexibility index (Phi) is 8.45. The number of methoxy groups -OCH3 is 1. The zero-order valence-corrected chi connectivity index (χ0v) is 23.4. The molecule has 37 heavy (non-hydrogen) atoms. The number of carbonyl (C=O) groups excluding carboxylic acids is 2. The van der Waals surface area contributed by atoms with Crippen LogP contribution in [0.3, 0.4) is 0 Å². The molecule has 0 aliphatic carbocycles. The predicted molar refractivity (Wildman–Crippen MR) is 155 cm³/mol. The van der Waals surface area contributed by atoms with E-state index < -0.39 is 0 Å². The number of amides is 2. The van der Waals surface area contributed by atoms with Crippen molar-refractivity contribution in [2.24, 2.45) is 0 Å². The van der Waals surface area contributed by atoms with E-state index in [0.29, 0.717) is 24.4 Å². The second-order valence-corrected chi connectivity index (χ2v) is 10.2. The van der Waals surface area contributed by atoms with Crippen LogP contribution in [-0.4, -0.2) is 55.1 Å². The summed E-state index contributed by atoms with van der Waals surface area (Å²) in [5, 5.41) is 5.97. The van der Waals surface area contributed by atoms with Gasteiger partial charge < -0.3 is 19.9 Å². The van der Waals surface area contributed by atoms with Gasteiger partial charge in [0.25, 0.3) is 11.8 Å². The van der Waals surface area contributed by atoms with Gasteiger partial charge in [-0.1, -0.05) is 34.1 Å². The molecule has 0 radical (unpaired) electrons. The van der Waals surface area contributed by atoms with Gasteiger partial charge in [-0.2, -0.15) is 0 Å². The number of aryl methyl sites for hydroxylation is 2. The van der Waals surface area contributed by atoms with Crippen molar-refractivity contribution in [1.82, 2.24) is 10.2 Å². The number of nitrogens with zero attached hydrogens (tertiary/aromatic N) is 2. The van der Waals surface area contributed by atoms with Gasteiger partial charge in [0.15, 0.2) is 5.11 Å². The number of piperazine rings is 1. The molecule has 1 aliphatic heterocycles. The number of rotatable bonds is 5. The van der Waals surface area contributed by atoms with Crippen LogP contribution in [-0.2, 0) is 0 Å². The average molecular weight is 582 g/mol. The first kappa shape index (κ1) is 26.6. The molecule has 1 aliphatic rings. The Bertz CT molecular complexity index is 1320. The highest BCUT2D eigenvalue weighted by molar-refractivity contribution is 9.10. The summed E-state index contributed by atoms with van der Waals surface area (Å²) in [4.78, 5) is 29.9. The molecule has 3 aromatic rings. The Morgan fingerprint density at radius 2 is 1.59 bits per heavy atom. The first-order valence-electron chi connectivity index (χ1n) is 11.9. The van der Waals surface area contributed by atoms with E-state index in [1.807, 2.05) is 73.3 Å². The predicted octanol–water partition coefficient (Wildman–Crippen LogP) is 5.16. The third kappa shape index (κ3) is 6.29. The van der Waals surface area contributed by atoms with E-state index in [4.69, 9.17) is 17.0 Å². The Morgan fingerprint density at radius 1 is 0.919 bits per heavy atom. The number of carbonyl (C=O) groups is 2. The summed E-state index contributed by atoms with van der Waals surface area (Å²) in [7, 11) is 1.53. The molecule has 1 heterocycles. The van der Waals surface area contributed by atoms with Crippen molar-refractivity contribution < 1.29 is 14.3 Å². The minimum Gasteiger partial charge on any atom is -0.496 e. The number of hydrogen-bond donors (Lipinski definition) is 2. The number of benzene rings is 3. The Hall–Kier alpha value is -3.43. The van der Waals surface area contributed by atoms with Crippen LogP contribution in [0.4, 0.5) is 11.4 Å². The first-order valence-corrected chi connectivity index (χ1v) is 13.1. The molecular weight excluding hydrogens is 552 g/mol. The van der Waals surface area contributed by atoms with E-state index in [-0.39, 0.29) is 16.9 Å². The summed E-state index contributed by atoms with van der Waals surface area (Å²) in [6.07, 6.45) is 0. The van der Waals surface area contributed by atoms with Gasteiger partial charge >= 0.3 is 0 Å². The monoisotopic (exact) mass is 580 g/mol. The number of halogens is 1. The molecule has 192 valence electrons. The van der Waals surface area contributed by atoms with Crippen LogP contribution in [0.5, 0.6) is 5.75 Å². The summed E-state index contributed by atoms with van der Waals surface area (Å²) in [5.74, 6) is 0.241. The maximum atomic E-state index is 12.9. The third-order valence-corrected chi connectivity index (χ3v) is 7.01. The van der Waals surface area contributed by atoms with Crippen LogP contribution < -0.4 is 20.3 Å². The number of ether oxygens (including phenoxy) is 1. The normalized spacial score (nSPS) is 13.2. The van der Waals surface area contributed by atoms with E-state index in [0.717, 1.165) is 45.6 Å². The van der Waals surface area contributed by atoms with Crippen molar-refractivity contribution >= 4 is 56.4 Å². The zero-order chi connectivity index (χ0) is 26.5. The third-order valence-electron chi connectivity index (χ3n) is 6.35. The fourth-order valence-corrected chi connectivity index (χ4v) is 5.19. The van der Waals surface area contributed by atoms with Gasteiger partial charge in [-0.25, -0.2) is 0 Å². The lowest BCUT2D eigenvalue weighted by atomic mass is 10.1. The van der Waals surface area contributed by atoms with Gasteiger partial charge in [0, 0.05) is 47.6 Å². The molecule has 1 saturated heterocycles. The van der Waals surface area contributed by atoms with Gasteiger partial charge in [-0.05, 0) is 79.7 Å². The molecule has 0 bridgehead atoms. The summed E-state index contributed by atoms with van der Waals surface area (Å²) in [6, 6.07) is 19.1. The van der Waals surface area contributed by atoms with E-state index in [1.54, 1.807) is 6.07 Å². The molecule has 7 nitrogen and oxygen atoms in total. The van der Waals surface area contributed by atoms with E-state index >= 15 is 0 Å². The number of nitrogens with one attached hydrogen (secondary N) is 2. The van der Waals surface area contributed by atoms with Gasteiger partial charge in [0.2, 0.25) is 0 Å². The van der Waals surface area contributed by atoms with Crippen molar-refractivity contribution in [3.8, 4) is 5.75 Å². The average Bonchev–Trinajstić information content (AvgIpc) is 2.88. The lowest BCUT2D eigenvalue weighted by Crippen LogP contribution is -2.48. The number of hydrogen-bond acceptors (Lipinski definition) is 5. The fraction of sp³-hybridized carbons (Fsp3) is 0.250. The molecule has 4 rings (SSSR count). The quantitative estimate of drug-likeness (QED) is 0.406. The van der Waals surface area contributed by atoms with Crippen LogP contribution in [0.1, 0.15) is 31.8 Å². The minimum atomic E-state index is -0.353. The largest absolute Gasteiger partial charge is 0.496 e. The first-order chi connectivity index (χ1) is 17.8. The van der Waals surface area contributed by atoms with Crippen LogP contribution in [0.2, 0.25) is 0 Å². The highest BCUT2D eigenvalue weighted by Gasteiger charge is 2.23. The van der Waals surface area contributed by atoms with E-state index in [9.17, 15) is 9.59 Å². The lowest BCUT2D eigenvalue weighted by molar-refractivity contribution is 0.0746. The maximum absolute atomic E-state index is 12.9. The zero-order valence-electron chi connectivity index (χ0n) is 21.0. The highest BCUT2D eigenvalue weighted by Crippen LogP contribution is 2.28. The number of thiocarbonyl (C=S) groups is 1. The molecule has 0 atom stereocenters. The van der Waals surface area contributed by atoms with Crippen molar-refractivity contribution in [3.63, 3.8) is 0 Å². The smallest absolute Gasteiger partial charge is 0.261 e. The standard InChI is InChI=1S/C28H29BrN4O3S/c1-18-6-4-5-7-23(18)27(35)33-14-12-32(13-15-33)22-10-8-21(9-11-22)30-28(37)31-26(34)24-17-20(29)16-19(2)25(24)36-3/h4-11,16-17H,12-15H2,1-3H3,(H2,30,31,34,37). The number of anilines is 2. The molecular formula is C28H29BrN4O3S. The van der Waals surface area contributed by atoms with Crippen molar-refractivity contribution in [3.05, 3.63) is 87.4 Å². The molecule has 0 aromatic heterocycles. The molecule has 2 N–H and O–H groups in total. The van der Waals surface area contributed by atoms with Gasteiger partial charge in [0.1, 0.15) is 5.75 Å². The van der Waals surface area contributed by atoms with Crippen molar-refractivity contribution in [2.75, 3.05) is 43.5 Å². The molecule has 2 amide bonds. The Balaban J connectivity index is 1.32. The van der Waals surface area contributed by atoms with E-state index in [1.165, 1.54) is 7.11 Å². The summed E-state index contributed by atoms with van der Waals surface area (Å²) in [5.41, 5.74) is 4.84. The molecule has 0 spiro atoms. The van der Waals surface area contributed by atoms with Crippen LogP contribution in [0.15, 0.2) is 65.1 Å². The maximum Gasteiger partial charge on any atom is 0.261 e. The van der Waals surface area contributed by atoms with E-state index in [2.05, 4.69) is 31.5 Å². The second kappa shape index (κ2) is 11.7. The van der Waals surface area contributed by atoms with Crippen molar-refractivity contribution in [2.45, 2.75) is 13.8 Å². The highest BCUT2D eigenvalue weighted by atomic mass is 79.9. The van der Waals surface area contributed by atoms with Crippen LogP contribution in [0, 0.1) is 13.8 Å². The molecule has 0 unspecified atom stereocenters. The van der Waals surface area contributed by atoms with Gasteiger partial charge in [-0.15, -0.1) is 0 Å². The summed E-state index contributed by atoms with van der Waals surface area (Å²) < 4.78 is 6.18. The topological polar surface area (TPSA) is 73.9 Å². The molecule has 1 fully saturated rings. The Labute approximate surface area is 230 Å². The van der Waals surface area contributed by atoms with Crippen molar-refractivity contribution in [1.29, 1.82) is 0 Å². The summed E-state index contributed by atoms with van der Waals surface area (Å²) in [6.45, 7) is 6.69. The minimum absolute atomic E-state index is 0.0866. The van der Waals surface area contributed by atoms with Gasteiger partial charge in [0.05, 0.1) is 12.7 Å².